The average Bonchev–Trinajstić information content (AvgIpc) is 3.28. The van der Waals surface area contributed by atoms with Gasteiger partial charge in [-0.2, -0.15) is 14.6 Å². The van der Waals surface area contributed by atoms with Crippen molar-refractivity contribution in [3.8, 4) is 11.1 Å². The normalized spacial score (nSPS) is 14.7. The Balaban J connectivity index is 1.80. The molecule has 1 aliphatic heterocycles. The number of aromatic amines is 1. The molecule has 0 bridgehead atoms. The van der Waals surface area contributed by atoms with Gasteiger partial charge in [0.1, 0.15) is 0 Å². The first-order chi connectivity index (χ1) is 13.3. The van der Waals surface area contributed by atoms with Gasteiger partial charge in [-0.15, -0.1) is 0 Å². The Morgan fingerprint density at radius 1 is 1.14 bits per heavy atom. The largest absolute Gasteiger partial charge is 0.350 e. The fourth-order valence-corrected chi connectivity index (χ4v) is 3.95. The molecule has 0 radical (unpaired) electrons. The minimum atomic E-state index is -3.69. The van der Waals surface area contributed by atoms with E-state index in [0.717, 1.165) is 36.7 Å². The average molecular weight is 401 g/mol. The van der Waals surface area contributed by atoms with Crippen LogP contribution in [-0.4, -0.2) is 58.2 Å². The Morgan fingerprint density at radius 2 is 1.79 bits per heavy atom. The lowest BCUT2D eigenvalue weighted by Crippen LogP contribution is -2.27. The van der Waals surface area contributed by atoms with E-state index < -0.39 is 20.7 Å². The molecule has 0 aliphatic carbocycles. The number of H-pyrrole nitrogens is 1. The summed E-state index contributed by atoms with van der Waals surface area (Å²) in [6, 6.07) is 6.97. The summed E-state index contributed by atoms with van der Waals surface area (Å²) in [5, 5.41) is 3.76. The highest BCUT2D eigenvalue weighted by molar-refractivity contribution is 7.90. The number of fused-ring (bicyclic) bond motifs is 1. The topological polar surface area (TPSA) is 118 Å². The maximum absolute atomic E-state index is 12.5. The number of carbonyl (C=O) groups is 1. The molecule has 28 heavy (non-hydrogen) atoms. The van der Waals surface area contributed by atoms with Crippen LogP contribution in [0.2, 0.25) is 0 Å². The number of carbonyl (C=O) groups excluding carboxylic acids is 1. The lowest BCUT2D eigenvalue weighted by atomic mass is 10.0. The smallest absolute Gasteiger partial charge is 0.339 e. The van der Waals surface area contributed by atoms with Crippen molar-refractivity contribution in [1.29, 1.82) is 0 Å². The SMILES string of the molecule is Cc1nn2c(=O)[nH]c(S(C)(=O)=O)nc2c1-c1ccc(C(=O)N2CCCC2)cc1. The summed E-state index contributed by atoms with van der Waals surface area (Å²) in [6.45, 7) is 3.26. The summed E-state index contributed by atoms with van der Waals surface area (Å²) in [5.74, 6) is -0.00503. The molecule has 0 atom stereocenters. The number of nitrogens with one attached hydrogen (secondary N) is 1. The van der Waals surface area contributed by atoms with E-state index in [-0.39, 0.29) is 11.6 Å². The van der Waals surface area contributed by atoms with Gasteiger partial charge >= 0.3 is 5.69 Å². The summed E-state index contributed by atoms with van der Waals surface area (Å²) in [5.41, 5.74) is 1.84. The summed E-state index contributed by atoms with van der Waals surface area (Å²) in [4.78, 5) is 32.9. The van der Waals surface area contributed by atoms with Crippen LogP contribution in [0.4, 0.5) is 0 Å². The molecule has 0 spiro atoms. The van der Waals surface area contributed by atoms with E-state index in [0.29, 0.717) is 22.4 Å². The third-order valence-electron chi connectivity index (χ3n) is 4.81. The third-order valence-corrected chi connectivity index (χ3v) is 5.71. The minimum Gasteiger partial charge on any atom is -0.339 e. The van der Waals surface area contributed by atoms with Crippen molar-refractivity contribution in [3.05, 3.63) is 46.0 Å². The molecule has 0 saturated carbocycles. The summed E-state index contributed by atoms with van der Waals surface area (Å²) in [7, 11) is -3.69. The highest BCUT2D eigenvalue weighted by atomic mass is 32.2. The van der Waals surface area contributed by atoms with Crippen LogP contribution < -0.4 is 5.69 Å². The van der Waals surface area contributed by atoms with Crippen LogP contribution in [-0.2, 0) is 9.84 Å². The molecule has 10 heteroatoms. The van der Waals surface area contributed by atoms with Gasteiger partial charge in [0.05, 0.1) is 5.69 Å². The predicted molar refractivity (Wildman–Crippen MR) is 102 cm³/mol. The van der Waals surface area contributed by atoms with E-state index in [1.54, 1.807) is 31.2 Å². The fraction of sp³-hybridized carbons (Fsp3) is 0.333. The van der Waals surface area contributed by atoms with Crippen LogP contribution in [0.3, 0.4) is 0 Å². The van der Waals surface area contributed by atoms with E-state index in [2.05, 4.69) is 15.1 Å². The number of sulfone groups is 1. The maximum atomic E-state index is 12.5. The lowest BCUT2D eigenvalue weighted by molar-refractivity contribution is 0.0793. The fourth-order valence-electron chi connectivity index (χ4n) is 3.42. The molecule has 1 saturated heterocycles. The number of likely N-dealkylation sites (tertiary alicyclic amines) is 1. The Kier molecular flexibility index (Phi) is 4.30. The predicted octanol–water partition coefficient (Wildman–Crippen LogP) is 1.03. The van der Waals surface area contributed by atoms with Gasteiger partial charge in [0.25, 0.3) is 5.91 Å². The van der Waals surface area contributed by atoms with Gasteiger partial charge in [0.2, 0.25) is 15.0 Å². The van der Waals surface area contributed by atoms with Crippen LogP contribution in [0, 0.1) is 6.92 Å². The molecule has 1 amide bonds. The first-order valence-electron chi connectivity index (χ1n) is 8.85. The zero-order valence-corrected chi connectivity index (χ0v) is 16.3. The number of amides is 1. The highest BCUT2D eigenvalue weighted by Crippen LogP contribution is 2.27. The van der Waals surface area contributed by atoms with E-state index in [1.807, 2.05) is 4.90 Å². The van der Waals surface area contributed by atoms with Crippen molar-refractivity contribution in [3.63, 3.8) is 0 Å². The van der Waals surface area contributed by atoms with Gasteiger partial charge in [-0.05, 0) is 37.5 Å². The maximum Gasteiger partial charge on any atom is 0.350 e. The Morgan fingerprint density at radius 3 is 2.39 bits per heavy atom. The van der Waals surface area contributed by atoms with Gasteiger partial charge in [-0.3, -0.25) is 9.78 Å². The van der Waals surface area contributed by atoms with Crippen LogP contribution in [0.1, 0.15) is 28.9 Å². The second-order valence-corrected chi connectivity index (χ2v) is 8.82. The van der Waals surface area contributed by atoms with Crippen LogP contribution in [0.15, 0.2) is 34.2 Å². The number of hydrogen-bond donors (Lipinski definition) is 1. The molecule has 1 aromatic carbocycles. The van der Waals surface area contributed by atoms with Crippen molar-refractivity contribution in [2.24, 2.45) is 0 Å². The Bertz CT molecular complexity index is 1240. The second kappa shape index (κ2) is 6.55. The summed E-state index contributed by atoms with van der Waals surface area (Å²) >= 11 is 0. The third kappa shape index (κ3) is 3.09. The van der Waals surface area contributed by atoms with Crippen LogP contribution in [0.5, 0.6) is 0 Å². The zero-order valence-electron chi connectivity index (χ0n) is 15.5. The van der Waals surface area contributed by atoms with E-state index in [4.69, 9.17) is 0 Å². The van der Waals surface area contributed by atoms with Crippen LogP contribution in [0.25, 0.3) is 16.8 Å². The molecule has 3 heterocycles. The molecule has 4 rings (SSSR count). The monoisotopic (exact) mass is 401 g/mol. The minimum absolute atomic E-state index is 0.00503. The molecular weight excluding hydrogens is 382 g/mol. The van der Waals surface area contributed by atoms with E-state index in [1.165, 1.54) is 0 Å². The molecule has 9 nitrogen and oxygen atoms in total. The van der Waals surface area contributed by atoms with E-state index >= 15 is 0 Å². The van der Waals surface area contributed by atoms with Crippen molar-refractivity contribution in [1.82, 2.24) is 24.5 Å². The quantitative estimate of drug-likeness (QED) is 0.700. The molecule has 1 N–H and O–H groups in total. The number of aryl methyl sites for hydroxylation is 1. The van der Waals surface area contributed by atoms with Gasteiger partial charge < -0.3 is 4.90 Å². The molecule has 3 aromatic rings. The Hall–Kier alpha value is -3.01. The van der Waals surface area contributed by atoms with Crippen molar-refractivity contribution in [2.75, 3.05) is 19.3 Å². The van der Waals surface area contributed by atoms with Crippen molar-refractivity contribution in [2.45, 2.75) is 24.9 Å². The summed E-state index contributed by atoms with van der Waals surface area (Å²) in [6.07, 6.45) is 3.02. The number of rotatable bonds is 3. The van der Waals surface area contributed by atoms with Crippen molar-refractivity contribution < 1.29 is 13.2 Å². The number of hydrogen-bond acceptors (Lipinski definition) is 6. The molecule has 146 valence electrons. The van der Waals surface area contributed by atoms with Gasteiger partial charge in [0, 0.05) is 30.5 Å². The molecular formula is C18H19N5O4S. The van der Waals surface area contributed by atoms with E-state index in [9.17, 15) is 18.0 Å². The van der Waals surface area contributed by atoms with Gasteiger partial charge in [-0.1, -0.05) is 12.1 Å². The number of aromatic nitrogens is 4. The van der Waals surface area contributed by atoms with Crippen LogP contribution >= 0.6 is 0 Å². The van der Waals surface area contributed by atoms with Crippen molar-refractivity contribution >= 4 is 21.4 Å². The standard InChI is InChI=1S/C18H19N5O4S/c1-11-14(15-19-17(28(2,26)27)20-18(25)23(15)21-11)12-5-7-13(8-6-12)16(24)22-9-3-4-10-22/h5-8H,3-4,9-10H2,1-2H3,(H,19,20,25). The molecule has 1 fully saturated rings. The summed E-state index contributed by atoms with van der Waals surface area (Å²) < 4.78 is 24.7. The lowest BCUT2D eigenvalue weighted by Gasteiger charge is -2.15. The van der Waals surface area contributed by atoms with Gasteiger partial charge in [-0.25, -0.2) is 13.2 Å². The first kappa shape index (κ1) is 18.4. The van der Waals surface area contributed by atoms with Gasteiger partial charge in [0.15, 0.2) is 5.65 Å². The highest BCUT2D eigenvalue weighted by Gasteiger charge is 2.22. The second-order valence-electron chi connectivity index (χ2n) is 6.89. The molecule has 0 unspecified atom stereocenters. The molecule has 1 aliphatic rings. The molecule has 2 aromatic heterocycles. The Labute approximate surface area is 160 Å². The first-order valence-corrected chi connectivity index (χ1v) is 10.7. The number of nitrogens with zero attached hydrogens (tertiary/aromatic N) is 4. The zero-order chi connectivity index (χ0) is 20.1. The number of benzene rings is 1.